The van der Waals surface area contributed by atoms with E-state index in [4.69, 9.17) is 4.74 Å². The van der Waals surface area contributed by atoms with Crippen molar-refractivity contribution in [2.75, 3.05) is 33.3 Å². The molecule has 2 saturated heterocycles. The van der Waals surface area contributed by atoms with Crippen LogP contribution in [0.2, 0.25) is 0 Å². The largest absolute Gasteiger partial charge is 0.381 e. The van der Waals surface area contributed by atoms with Crippen LogP contribution in [0.1, 0.15) is 70.6 Å². The van der Waals surface area contributed by atoms with E-state index in [0.717, 1.165) is 57.5 Å². The first-order valence-corrected chi connectivity index (χ1v) is 10.3. The first kappa shape index (κ1) is 18.2. The van der Waals surface area contributed by atoms with Crippen LogP contribution in [0.25, 0.3) is 0 Å². The second-order valence-corrected chi connectivity index (χ2v) is 8.13. The topological polar surface area (TPSA) is 32.8 Å². The van der Waals surface area contributed by atoms with Gasteiger partial charge < -0.3 is 14.5 Å². The van der Waals surface area contributed by atoms with E-state index in [1.165, 1.54) is 45.2 Å². The summed E-state index contributed by atoms with van der Waals surface area (Å²) in [6, 6.07) is 0.685. The van der Waals surface area contributed by atoms with Crippen molar-refractivity contribution in [2.45, 2.75) is 82.8 Å². The van der Waals surface area contributed by atoms with Gasteiger partial charge in [-0.25, -0.2) is 0 Å². The molecule has 3 fully saturated rings. The molecule has 0 aromatic carbocycles. The van der Waals surface area contributed by atoms with Crippen LogP contribution in [0, 0.1) is 5.92 Å². The van der Waals surface area contributed by atoms with E-state index >= 15 is 0 Å². The molecule has 0 bridgehead atoms. The lowest BCUT2D eigenvalue weighted by Gasteiger charge is -2.41. The van der Waals surface area contributed by atoms with Gasteiger partial charge in [0, 0.05) is 45.8 Å². The second-order valence-electron chi connectivity index (χ2n) is 8.13. The van der Waals surface area contributed by atoms with Gasteiger partial charge in [-0.2, -0.15) is 0 Å². The van der Waals surface area contributed by atoms with Gasteiger partial charge in [0.15, 0.2) is 0 Å². The van der Waals surface area contributed by atoms with E-state index in [9.17, 15) is 4.79 Å². The molecule has 0 unspecified atom stereocenters. The molecule has 1 saturated carbocycles. The molecule has 0 radical (unpaired) electrons. The number of hydrogen-bond donors (Lipinski definition) is 0. The minimum atomic E-state index is 0.414. The van der Waals surface area contributed by atoms with Crippen molar-refractivity contribution in [1.29, 1.82) is 0 Å². The van der Waals surface area contributed by atoms with Gasteiger partial charge in [0.1, 0.15) is 0 Å². The minimum absolute atomic E-state index is 0.414. The van der Waals surface area contributed by atoms with Crippen LogP contribution in [0.4, 0.5) is 0 Å². The van der Waals surface area contributed by atoms with Gasteiger partial charge in [-0.15, -0.1) is 0 Å². The fourth-order valence-electron chi connectivity index (χ4n) is 4.92. The van der Waals surface area contributed by atoms with Crippen LogP contribution in [0.15, 0.2) is 0 Å². The molecule has 0 spiro atoms. The van der Waals surface area contributed by atoms with Crippen LogP contribution < -0.4 is 0 Å². The lowest BCUT2D eigenvalue weighted by molar-refractivity contribution is -0.133. The quantitative estimate of drug-likeness (QED) is 0.771. The lowest BCUT2D eigenvalue weighted by atomic mass is 9.86. The molecule has 3 rings (SSSR count). The summed E-state index contributed by atoms with van der Waals surface area (Å²) in [6.07, 6.45) is 13.9. The SMILES string of the molecule is COC1CCN(C2CCN(C(=O)CCC3CCCCC3)CC2)CC1. The van der Waals surface area contributed by atoms with Gasteiger partial charge in [-0.3, -0.25) is 4.79 Å². The van der Waals surface area contributed by atoms with Gasteiger partial charge in [0.05, 0.1) is 6.10 Å². The molecule has 2 aliphatic heterocycles. The lowest BCUT2D eigenvalue weighted by Crippen LogP contribution is -2.49. The summed E-state index contributed by atoms with van der Waals surface area (Å²) < 4.78 is 5.47. The zero-order valence-corrected chi connectivity index (χ0v) is 15.5. The molecular formula is C20H36N2O2. The summed E-state index contributed by atoms with van der Waals surface area (Å²) in [4.78, 5) is 17.3. The molecule has 4 nitrogen and oxygen atoms in total. The summed E-state index contributed by atoms with van der Waals surface area (Å²) in [5.74, 6) is 1.24. The monoisotopic (exact) mass is 336 g/mol. The summed E-state index contributed by atoms with van der Waals surface area (Å²) in [7, 11) is 1.83. The van der Waals surface area contributed by atoms with Crippen molar-refractivity contribution < 1.29 is 9.53 Å². The smallest absolute Gasteiger partial charge is 0.222 e. The Hall–Kier alpha value is -0.610. The number of likely N-dealkylation sites (tertiary alicyclic amines) is 2. The van der Waals surface area contributed by atoms with E-state index in [-0.39, 0.29) is 0 Å². The van der Waals surface area contributed by atoms with Crippen LogP contribution in [0.3, 0.4) is 0 Å². The van der Waals surface area contributed by atoms with Crippen LogP contribution in [-0.4, -0.2) is 61.1 Å². The Labute approximate surface area is 147 Å². The molecule has 138 valence electrons. The number of nitrogens with zero attached hydrogens (tertiary/aromatic N) is 2. The Morgan fingerprint density at radius 1 is 0.917 bits per heavy atom. The molecule has 24 heavy (non-hydrogen) atoms. The van der Waals surface area contributed by atoms with Crippen molar-refractivity contribution in [3.63, 3.8) is 0 Å². The van der Waals surface area contributed by atoms with Crippen molar-refractivity contribution in [2.24, 2.45) is 5.92 Å². The molecular weight excluding hydrogens is 300 g/mol. The average Bonchev–Trinajstić information content (AvgIpc) is 2.67. The van der Waals surface area contributed by atoms with E-state index in [2.05, 4.69) is 9.80 Å². The Kier molecular flexibility index (Phi) is 6.96. The number of carbonyl (C=O) groups excluding carboxylic acids is 1. The predicted octanol–water partition coefficient (Wildman–Crippen LogP) is 3.45. The highest BCUT2D eigenvalue weighted by atomic mass is 16.5. The Bertz CT molecular complexity index is 379. The summed E-state index contributed by atoms with van der Waals surface area (Å²) in [5.41, 5.74) is 0. The van der Waals surface area contributed by atoms with Crippen LogP contribution in [-0.2, 0) is 9.53 Å². The van der Waals surface area contributed by atoms with Crippen molar-refractivity contribution in [3.05, 3.63) is 0 Å². The minimum Gasteiger partial charge on any atom is -0.381 e. The summed E-state index contributed by atoms with van der Waals surface area (Å²) in [6.45, 7) is 4.27. The number of hydrogen-bond acceptors (Lipinski definition) is 3. The number of ether oxygens (including phenoxy) is 1. The number of methoxy groups -OCH3 is 1. The third-order valence-electron chi connectivity index (χ3n) is 6.63. The normalized spacial score (nSPS) is 26.0. The van der Waals surface area contributed by atoms with Crippen molar-refractivity contribution in [3.8, 4) is 0 Å². The summed E-state index contributed by atoms with van der Waals surface area (Å²) >= 11 is 0. The average molecular weight is 337 g/mol. The standard InChI is InChI=1S/C20H36N2O2/c1-24-19-11-15-21(16-12-19)18-9-13-22(14-10-18)20(23)8-7-17-5-3-2-4-6-17/h17-19H,2-16H2,1H3. The molecule has 0 aromatic heterocycles. The zero-order chi connectivity index (χ0) is 16.8. The van der Waals surface area contributed by atoms with E-state index in [1.54, 1.807) is 0 Å². The molecule has 1 amide bonds. The third-order valence-corrected chi connectivity index (χ3v) is 6.63. The molecule has 2 heterocycles. The van der Waals surface area contributed by atoms with E-state index < -0.39 is 0 Å². The van der Waals surface area contributed by atoms with Gasteiger partial charge >= 0.3 is 0 Å². The fourth-order valence-corrected chi connectivity index (χ4v) is 4.92. The van der Waals surface area contributed by atoms with Gasteiger partial charge in [0.25, 0.3) is 0 Å². The molecule has 1 aliphatic carbocycles. The molecule has 0 aromatic rings. The summed E-state index contributed by atoms with van der Waals surface area (Å²) in [5, 5.41) is 0. The maximum Gasteiger partial charge on any atom is 0.222 e. The maximum atomic E-state index is 12.5. The van der Waals surface area contributed by atoms with E-state index in [0.29, 0.717) is 18.1 Å². The third kappa shape index (κ3) is 4.95. The maximum absolute atomic E-state index is 12.5. The highest BCUT2D eigenvalue weighted by molar-refractivity contribution is 5.76. The number of amides is 1. The van der Waals surface area contributed by atoms with Crippen molar-refractivity contribution >= 4 is 5.91 Å². The van der Waals surface area contributed by atoms with Gasteiger partial charge in [-0.05, 0) is 38.0 Å². The first-order valence-electron chi connectivity index (χ1n) is 10.3. The Morgan fingerprint density at radius 2 is 1.58 bits per heavy atom. The second kappa shape index (κ2) is 9.19. The first-order chi connectivity index (χ1) is 11.8. The zero-order valence-electron chi connectivity index (χ0n) is 15.5. The molecule has 0 N–H and O–H groups in total. The van der Waals surface area contributed by atoms with E-state index in [1.807, 2.05) is 7.11 Å². The number of piperidine rings is 2. The van der Waals surface area contributed by atoms with Gasteiger partial charge in [0.2, 0.25) is 5.91 Å². The fraction of sp³-hybridized carbons (Fsp3) is 0.950. The molecule has 0 atom stereocenters. The number of carbonyl (C=O) groups is 1. The van der Waals surface area contributed by atoms with Gasteiger partial charge in [-0.1, -0.05) is 32.1 Å². The Morgan fingerprint density at radius 3 is 2.21 bits per heavy atom. The highest BCUT2D eigenvalue weighted by Gasteiger charge is 2.29. The van der Waals surface area contributed by atoms with Crippen molar-refractivity contribution in [1.82, 2.24) is 9.80 Å². The highest BCUT2D eigenvalue weighted by Crippen LogP contribution is 2.28. The Balaban J connectivity index is 1.34. The van der Waals surface area contributed by atoms with Crippen LogP contribution >= 0.6 is 0 Å². The predicted molar refractivity (Wildman–Crippen MR) is 97.0 cm³/mol. The molecule has 3 aliphatic rings. The molecule has 4 heteroatoms. The number of rotatable bonds is 5. The van der Waals surface area contributed by atoms with Crippen LogP contribution in [0.5, 0.6) is 0 Å².